The van der Waals surface area contributed by atoms with Crippen molar-refractivity contribution in [1.29, 1.82) is 0 Å². The Labute approximate surface area is 73.3 Å². The number of hydrogen-bond donors (Lipinski definition) is 2. The molecule has 1 rings (SSSR count). The summed E-state index contributed by atoms with van der Waals surface area (Å²) in [6.45, 7) is 1.65. The van der Waals surface area contributed by atoms with Gasteiger partial charge in [0.15, 0.2) is 0 Å². The van der Waals surface area contributed by atoms with Gasteiger partial charge in [-0.2, -0.15) is 0 Å². The highest BCUT2D eigenvalue weighted by molar-refractivity contribution is 9.11. The zero-order valence-electron chi connectivity index (χ0n) is 6.14. The maximum absolute atomic E-state index is 12.9. The molecule has 0 bridgehead atoms. The van der Waals surface area contributed by atoms with E-state index in [0.29, 0.717) is 10.1 Å². The molecule has 0 heterocycles. The Kier molecular flexibility index (Phi) is 2.47. The first-order valence-electron chi connectivity index (χ1n) is 3.28. The predicted octanol–water partition coefficient (Wildman–Crippen LogP) is 1.18. The van der Waals surface area contributed by atoms with E-state index in [1.165, 1.54) is 6.08 Å². The Morgan fingerprint density at radius 2 is 2.00 bits per heavy atom. The van der Waals surface area contributed by atoms with Gasteiger partial charge in [0.05, 0.1) is 6.04 Å². The van der Waals surface area contributed by atoms with Gasteiger partial charge in [-0.1, -0.05) is 15.9 Å². The second-order valence-corrected chi connectivity index (χ2v) is 3.53. The smallest absolute Gasteiger partial charge is 0.124 e. The summed E-state index contributed by atoms with van der Waals surface area (Å²) in [5.41, 5.74) is 11.8. The van der Waals surface area contributed by atoms with Crippen LogP contribution in [0.1, 0.15) is 6.92 Å². The summed E-state index contributed by atoms with van der Waals surface area (Å²) in [5, 5.41) is 0. The Balaban J connectivity index is 3.01. The second-order valence-electron chi connectivity index (χ2n) is 2.61. The average Bonchev–Trinajstić information content (AvgIpc) is 1.97. The fraction of sp³-hybridized carbons (Fsp3) is 0.429. The van der Waals surface area contributed by atoms with Gasteiger partial charge in [0.2, 0.25) is 0 Å². The topological polar surface area (TPSA) is 52.0 Å². The van der Waals surface area contributed by atoms with Gasteiger partial charge in [-0.25, -0.2) is 4.39 Å². The molecule has 4 heteroatoms. The van der Waals surface area contributed by atoms with Crippen LogP contribution < -0.4 is 11.5 Å². The molecule has 1 aliphatic carbocycles. The zero-order chi connectivity index (χ0) is 8.59. The Hall–Kier alpha value is -0.190. The number of nitrogens with two attached hydrogens (primary N) is 2. The van der Waals surface area contributed by atoms with Crippen LogP contribution in [0.15, 0.2) is 22.0 Å². The molecule has 4 N–H and O–H groups in total. The molecule has 0 radical (unpaired) electrons. The van der Waals surface area contributed by atoms with E-state index in [9.17, 15) is 4.39 Å². The molecule has 2 nitrogen and oxygen atoms in total. The summed E-state index contributed by atoms with van der Waals surface area (Å²) in [7, 11) is 0. The molecule has 0 aromatic carbocycles. The van der Waals surface area contributed by atoms with E-state index < -0.39 is 6.04 Å². The van der Waals surface area contributed by atoms with Crippen molar-refractivity contribution in [3.05, 3.63) is 22.0 Å². The average molecular weight is 221 g/mol. The number of rotatable bonds is 0. The predicted molar refractivity (Wildman–Crippen MR) is 46.8 cm³/mol. The fourth-order valence-electron chi connectivity index (χ4n) is 0.931. The van der Waals surface area contributed by atoms with Gasteiger partial charge in [0.1, 0.15) is 5.83 Å². The molecular formula is C7H10BrFN2. The van der Waals surface area contributed by atoms with E-state index >= 15 is 0 Å². The summed E-state index contributed by atoms with van der Waals surface area (Å²) >= 11 is 3.14. The van der Waals surface area contributed by atoms with Crippen LogP contribution >= 0.6 is 15.9 Å². The monoisotopic (exact) mass is 220 g/mol. The largest absolute Gasteiger partial charge is 0.323 e. The van der Waals surface area contributed by atoms with Crippen molar-refractivity contribution in [3.63, 3.8) is 0 Å². The number of hydrogen-bond acceptors (Lipinski definition) is 2. The molecule has 0 aromatic heterocycles. The van der Waals surface area contributed by atoms with Crippen molar-refractivity contribution >= 4 is 15.9 Å². The van der Waals surface area contributed by atoms with Crippen molar-refractivity contribution in [2.24, 2.45) is 11.5 Å². The van der Waals surface area contributed by atoms with Crippen molar-refractivity contribution in [2.45, 2.75) is 19.0 Å². The van der Waals surface area contributed by atoms with Crippen LogP contribution in [-0.4, -0.2) is 12.1 Å². The summed E-state index contributed by atoms with van der Waals surface area (Å²) in [5.74, 6) is -0.286. The second kappa shape index (κ2) is 3.05. The highest BCUT2D eigenvalue weighted by Crippen LogP contribution is 2.26. The lowest BCUT2D eigenvalue weighted by Gasteiger charge is -2.24. The van der Waals surface area contributed by atoms with Gasteiger partial charge >= 0.3 is 0 Å². The molecule has 2 atom stereocenters. The highest BCUT2D eigenvalue weighted by atomic mass is 79.9. The van der Waals surface area contributed by atoms with Crippen LogP contribution in [0.5, 0.6) is 0 Å². The molecule has 0 aliphatic heterocycles. The summed E-state index contributed by atoms with van der Waals surface area (Å²) in [6, 6.07) is -0.719. The van der Waals surface area contributed by atoms with E-state index in [1.54, 1.807) is 6.92 Å². The van der Waals surface area contributed by atoms with E-state index in [2.05, 4.69) is 15.9 Å². The van der Waals surface area contributed by atoms with Crippen LogP contribution in [-0.2, 0) is 0 Å². The van der Waals surface area contributed by atoms with Gasteiger partial charge in [-0.05, 0) is 18.6 Å². The van der Waals surface area contributed by atoms with Crippen molar-refractivity contribution in [1.82, 2.24) is 0 Å². The van der Waals surface area contributed by atoms with Crippen LogP contribution in [0.25, 0.3) is 0 Å². The zero-order valence-corrected chi connectivity index (χ0v) is 7.73. The molecule has 0 amide bonds. The molecule has 0 fully saturated rings. The summed E-state index contributed by atoms with van der Waals surface area (Å²) in [6.07, 6.45) is 1.36. The normalized spacial score (nSPS) is 32.3. The first-order valence-corrected chi connectivity index (χ1v) is 4.08. The molecule has 11 heavy (non-hydrogen) atoms. The molecule has 1 aliphatic rings. The molecule has 62 valence electrons. The summed E-state index contributed by atoms with van der Waals surface area (Å²) in [4.78, 5) is 0. The van der Waals surface area contributed by atoms with Gasteiger partial charge in [-0.3, -0.25) is 0 Å². The fourth-order valence-corrected chi connectivity index (χ4v) is 1.42. The lowest BCUT2D eigenvalue weighted by Crippen LogP contribution is -2.44. The van der Waals surface area contributed by atoms with Crippen molar-refractivity contribution in [2.75, 3.05) is 0 Å². The first-order chi connectivity index (χ1) is 5.04. The lowest BCUT2D eigenvalue weighted by molar-refractivity contribution is 0.580. The minimum Gasteiger partial charge on any atom is -0.323 e. The molecular weight excluding hydrogens is 211 g/mol. The van der Waals surface area contributed by atoms with Gasteiger partial charge in [0.25, 0.3) is 0 Å². The number of allylic oxidation sites excluding steroid dienone is 2. The Morgan fingerprint density at radius 1 is 1.45 bits per heavy atom. The van der Waals surface area contributed by atoms with Crippen LogP contribution in [0, 0.1) is 0 Å². The third-order valence-electron chi connectivity index (χ3n) is 1.85. The third-order valence-corrected chi connectivity index (χ3v) is 2.60. The Bertz CT molecular complexity index is 235. The minimum atomic E-state index is -0.408. The third kappa shape index (κ3) is 1.52. The van der Waals surface area contributed by atoms with Crippen molar-refractivity contribution < 1.29 is 4.39 Å². The van der Waals surface area contributed by atoms with Gasteiger partial charge < -0.3 is 11.5 Å². The number of halogens is 2. The van der Waals surface area contributed by atoms with Gasteiger partial charge in [0, 0.05) is 10.5 Å². The van der Waals surface area contributed by atoms with E-state index in [1.807, 2.05) is 0 Å². The minimum absolute atomic E-state index is 0.286. The molecule has 0 aromatic rings. The quantitative estimate of drug-likeness (QED) is 0.645. The summed E-state index contributed by atoms with van der Waals surface area (Å²) < 4.78 is 13.5. The Morgan fingerprint density at radius 3 is 2.55 bits per heavy atom. The van der Waals surface area contributed by atoms with Crippen LogP contribution in [0.3, 0.4) is 0 Å². The van der Waals surface area contributed by atoms with Gasteiger partial charge in [-0.15, -0.1) is 0 Å². The molecule has 0 saturated carbocycles. The molecule has 2 unspecified atom stereocenters. The van der Waals surface area contributed by atoms with Crippen LogP contribution in [0.4, 0.5) is 4.39 Å². The highest BCUT2D eigenvalue weighted by Gasteiger charge is 2.24. The van der Waals surface area contributed by atoms with Crippen molar-refractivity contribution in [3.8, 4) is 0 Å². The van der Waals surface area contributed by atoms with E-state index in [4.69, 9.17) is 11.5 Å². The maximum atomic E-state index is 12.9. The lowest BCUT2D eigenvalue weighted by atomic mass is 9.96. The van der Waals surface area contributed by atoms with E-state index in [0.717, 1.165) is 0 Å². The SMILES string of the molecule is CC1=C(F)C=C(Br)C(N)C1N. The molecule has 0 spiro atoms. The maximum Gasteiger partial charge on any atom is 0.124 e. The van der Waals surface area contributed by atoms with Crippen LogP contribution in [0.2, 0.25) is 0 Å². The van der Waals surface area contributed by atoms with E-state index in [-0.39, 0.29) is 11.9 Å². The first kappa shape index (κ1) is 8.90. The standard InChI is InChI=1S/C7H10BrFN2/c1-3-5(9)2-4(8)7(11)6(3)10/h2,6-7H,10-11H2,1H3. The molecule has 0 saturated heterocycles.